The lowest BCUT2D eigenvalue weighted by Crippen LogP contribution is -2.02. The molecule has 0 amide bonds. The fourth-order valence-corrected chi connectivity index (χ4v) is 2.30. The SMILES string of the molecule is CC(=O)Oc1ccc(C)cc1C.CCC(C)Cc1cccc(O)c1. The van der Waals surface area contributed by atoms with Gasteiger partial charge in [-0.2, -0.15) is 0 Å². The maximum Gasteiger partial charge on any atom is 0.308 e. The Labute approximate surface area is 145 Å². The topological polar surface area (TPSA) is 46.5 Å². The van der Waals surface area contributed by atoms with Gasteiger partial charge in [0, 0.05) is 6.92 Å². The van der Waals surface area contributed by atoms with Crippen LogP contribution in [0.3, 0.4) is 0 Å². The van der Waals surface area contributed by atoms with Crippen LogP contribution in [0.25, 0.3) is 0 Å². The Balaban J connectivity index is 0.000000240. The van der Waals surface area contributed by atoms with Gasteiger partial charge in [-0.15, -0.1) is 0 Å². The lowest BCUT2D eigenvalue weighted by atomic mass is 9.99. The highest BCUT2D eigenvalue weighted by Crippen LogP contribution is 2.18. The lowest BCUT2D eigenvalue weighted by Gasteiger charge is -2.07. The number of phenolic OH excluding ortho intramolecular Hbond substituents is 1. The number of aryl methyl sites for hydroxylation is 2. The van der Waals surface area contributed by atoms with Gasteiger partial charge in [0.05, 0.1) is 0 Å². The van der Waals surface area contributed by atoms with E-state index in [1.807, 2.05) is 44.2 Å². The highest BCUT2D eigenvalue weighted by molar-refractivity contribution is 5.69. The zero-order valence-electron chi connectivity index (χ0n) is 15.3. The molecule has 0 saturated carbocycles. The number of phenols is 1. The number of esters is 1. The molecule has 0 aliphatic carbocycles. The van der Waals surface area contributed by atoms with E-state index in [1.165, 1.54) is 24.5 Å². The minimum atomic E-state index is -0.276. The minimum absolute atomic E-state index is 0.276. The number of carbonyl (C=O) groups is 1. The zero-order valence-corrected chi connectivity index (χ0v) is 15.3. The second kappa shape index (κ2) is 9.76. The Morgan fingerprint density at radius 2 is 1.88 bits per heavy atom. The molecule has 0 heterocycles. The van der Waals surface area contributed by atoms with Gasteiger partial charge in [-0.1, -0.05) is 50.1 Å². The molecule has 3 heteroatoms. The van der Waals surface area contributed by atoms with Crippen LogP contribution in [-0.4, -0.2) is 11.1 Å². The minimum Gasteiger partial charge on any atom is -0.508 e. The summed E-state index contributed by atoms with van der Waals surface area (Å²) in [6.45, 7) is 9.74. The van der Waals surface area contributed by atoms with E-state index in [0.29, 0.717) is 17.4 Å². The average Bonchev–Trinajstić information content (AvgIpc) is 2.50. The molecule has 0 spiro atoms. The molecule has 24 heavy (non-hydrogen) atoms. The number of ether oxygens (including phenoxy) is 1. The van der Waals surface area contributed by atoms with Gasteiger partial charge in [0.25, 0.3) is 0 Å². The molecule has 2 aromatic carbocycles. The molecular formula is C21H28O3. The van der Waals surface area contributed by atoms with Gasteiger partial charge in [0.1, 0.15) is 11.5 Å². The Bertz CT molecular complexity index is 662. The van der Waals surface area contributed by atoms with Crippen molar-refractivity contribution >= 4 is 5.97 Å². The van der Waals surface area contributed by atoms with E-state index in [-0.39, 0.29) is 5.97 Å². The molecule has 0 radical (unpaired) electrons. The lowest BCUT2D eigenvalue weighted by molar-refractivity contribution is -0.131. The molecule has 0 aliphatic heterocycles. The van der Waals surface area contributed by atoms with Crippen molar-refractivity contribution in [2.45, 2.75) is 47.5 Å². The second-order valence-electron chi connectivity index (χ2n) is 6.25. The average molecular weight is 328 g/mol. The third-order valence-electron chi connectivity index (χ3n) is 3.78. The molecule has 2 rings (SSSR count). The molecule has 1 atom stereocenters. The van der Waals surface area contributed by atoms with Crippen molar-refractivity contribution in [1.82, 2.24) is 0 Å². The smallest absolute Gasteiger partial charge is 0.308 e. The predicted molar refractivity (Wildman–Crippen MR) is 98.5 cm³/mol. The van der Waals surface area contributed by atoms with Gasteiger partial charge in [-0.3, -0.25) is 4.79 Å². The third kappa shape index (κ3) is 7.32. The zero-order chi connectivity index (χ0) is 18.1. The fourth-order valence-electron chi connectivity index (χ4n) is 2.30. The number of hydrogen-bond donors (Lipinski definition) is 1. The van der Waals surface area contributed by atoms with Crippen LogP contribution in [0.1, 0.15) is 43.9 Å². The van der Waals surface area contributed by atoms with Crippen molar-refractivity contribution in [1.29, 1.82) is 0 Å². The molecule has 0 bridgehead atoms. The van der Waals surface area contributed by atoms with Crippen LogP contribution in [0.5, 0.6) is 11.5 Å². The van der Waals surface area contributed by atoms with Crippen LogP contribution in [-0.2, 0) is 11.2 Å². The molecule has 0 fully saturated rings. The first-order valence-electron chi connectivity index (χ1n) is 8.35. The third-order valence-corrected chi connectivity index (χ3v) is 3.78. The number of benzene rings is 2. The molecule has 0 aliphatic rings. The van der Waals surface area contributed by atoms with Crippen molar-refractivity contribution in [2.75, 3.05) is 0 Å². The van der Waals surface area contributed by atoms with Gasteiger partial charge in [0.15, 0.2) is 0 Å². The molecule has 0 aromatic heterocycles. The first kappa shape index (κ1) is 19.8. The van der Waals surface area contributed by atoms with Gasteiger partial charge >= 0.3 is 5.97 Å². The molecule has 0 saturated heterocycles. The standard InChI is InChI=1S/C11H16O.C10H12O2/c1-3-9(2)7-10-5-4-6-11(12)8-10;1-7-4-5-10(8(2)6-7)12-9(3)11/h4-6,8-9,12H,3,7H2,1-2H3;4-6H,1-3H3. The summed E-state index contributed by atoms with van der Waals surface area (Å²) in [5.41, 5.74) is 3.39. The van der Waals surface area contributed by atoms with E-state index < -0.39 is 0 Å². The van der Waals surface area contributed by atoms with E-state index in [0.717, 1.165) is 12.0 Å². The van der Waals surface area contributed by atoms with E-state index in [2.05, 4.69) is 19.9 Å². The first-order chi connectivity index (χ1) is 11.3. The molecule has 1 unspecified atom stereocenters. The van der Waals surface area contributed by atoms with Crippen molar-refractivity contribution in [2.24, 2.45) is 5.92 Å². The van der Waals surface area contributed by atoms with Gasteiger partial charge in [-0.05, 0) is 55.5 Å². The summed E-state index contributed by atoms with van der Waals surface area (Å²) < 4.78 is 4.96. The first-order valence-corrected chi connectivity index (χ1v) is 8.35. The largest absolute Gasteiger partial charge is 0.508 e. The monoisotopic (exact) mass is 328 g/mol. The number of aromatic hydroxyl groups is 1. The quantitative estimate of drug-likeness (QED) is 0.619. The van der Waals surface area contributed by atoms with E-state index in [4.69, 9.17) is 4.74 Å². The van der Waals surface area contributed by atoms with Crippen LogP contribution in [0, 0.1) is 19.8 Å². The fraction of sp³-hybridized carbons (Fsp3) is 0.381. The van der Waals surface area contributed by atoms with Gasteiger partial charge in [0.2, 0.25) is 0 Å². The molecule has 2 aromatic rings. The van der Waals surface area contributed by atoms with E-state index in [1.54, 1.807) is 6.07 Å². The molecule has 1 N–H and O–H groups in total. The highest BCUT2D eigenvalue weighted by atomic mass is 16.5. The number of hydrogen-bond acceptors (Lipinski definition) is 3. The van der Waals surface area contributed by atoms with E-state index in [9.17, 15) is 9.90 Å². The van der Waals surface area contributed by atoms with Crippen molar-refractivity contribution in [3.05, 3.63) is 59.2 Å². The Kier molecular flexibility index (Phi) is 8.03. The molecular weight excluding hydrogens is 300 g/mol. The van der Waals surface area contributed by atoms with E-state index >= 15 is 0 Å². The molecule has 3 nitrogen and oxygen atoms in total. The van der Waals surface area contributed by atoms with Crippen LogP contribution in [0.4, 0.5) is 0 Å². The van der Waals surface area contributed by atoms with Gasteiger partial charge in [-0.25, -0.2) is 0 Å². The summed E-state index contributed by atoms with van der Waals surface area (Å²) in [4.78, 5) is 10.6. The highest BCUT2D eigenvalue weighted by Gasteiger charge is 2.01. The summed E-state index contributed by atoms with van der Waals surface area (Å²) in [6.07, 6.45) is 2.25. The number of carbonyl (C=O) groups excluding carboxylic acids is 1. The Hall–Kier alpha value is -2.29. The Morgan fingerprint density at radius 3 is 2.42 bits per heavy atom. The summed E-state index contributed by atoms with van der Waals surface area (Å²) >= 11 is 0. The van der Waals surface area contributed by atoms with Crippen molar-refractivity contribution < 1.29 is 14.6 Å². The van der Waals surface area contributed by atoms with Crippen molar-refractivity contribution in [3.63, 3.8) is 0 Å². The summed E-state index contributed by atoms with van der Waals surface area (Å²) in [7, 11) is 0. The maximum absolute atomic E-state index is 10.6. The van der Waals surface area contributed by atoms with Crippen LogP contribution in [0.2, 0.25) is 0 Å². The maximum atomic E-state index is 10.6. The second-order valence-corrected chi connectivity index (χ2v) is 6.25. The summed E-state index contributed by atoms with van der Waals surface area (Å²) in [5, 5.41) is 9.20. The normalized spacial score (nSPS) is 11.2. The van der Waals surface area contributed by atoms with Crippen LogP contribution >= 0.6 is 0 Å². The van der Waals surface area contributed by atoms with Gasteiger partial charge < -0.3 is 9.84 Å². The molecule has 130 valence electrons. The van der Waals surface area contributed by atoms with Crippen molar-refractivity contribution in [3.8, 4) is 11.5 Å². The summed E-state index contributed by atoms with van der Waals surface area (Å²) in [5.74, 6) is 1.44. The van der Waals surface area contributed by atoms with Crippen LogP contribution in [0.15, 0.2) is 42.5 Å². The predicted octanol–water partition coefficient (Wildman–Crippen LogP) is 5.21. The summed E-state index contributed by atoms with van der Waals surface area (Å²) in [6, 6.07) is 13.2. The number of rotatable bonds is 4. The Morgan fingerprint density at radius 1 is 1.17 bits per heavy atom. The van der Waals surface area contributed by atoms with Crippen LogP contribution < -0.4 is 4.74 Å².